The Hall–Kier alpha value is -5.02. The Bertz CT molecular complexity index is 1990. The van der Waals surface area contributed by atoms with Gasteiger partial charge in [0.25, 0.3) is 0 Å². The van der Waals surface area contributed by atoms with E-state index in [1.54, 1.807) is 21.7 Å². The van der Waals surface area contributed by atoms with Gasteiger partial charge in [0.15, 0.2) is 11.5 Å². The molecule has 4 heterocycles. The van der Waals surface area contributed by atoms with Crippen molar-refractivity contribution >= 4 is 43.1 Å². The number of ether oxygens (including phenoxy) is 1. The van der Waals surface area contributed by atoms with Gasteiger partial charge in [-0.15, -0.1) is 11.3 Å². The summed E-state index contributed by atoms with van der Waals surface area (Å²) in [6.45, 7) is 0.645. The summed E-state index contributed by atoms with van der Waals surface area (Å²) in [4.78, 5) is 9.92. The van der Waals surface area contributed by atoms with E-state index in [0.717, 1.165) is 18.2 Å². The standard InChI is InChI=1S/C26H15F5N8OS/c1-40-25-35-21-14(24(36-25)38-4-5-39-12(10-38)6-11(8-32)37-39)7-16(26(29,30)31)19(20(21)28)13-2-3-17(27)22-18(13)15(9-33)23(34)41-22/h2-3,6-7H,4-5,10,34H2,1H3. The lowest BCUT2D eigenvalue weighted by Gasteiger charge is -2.30. The van der Waals surface area contributed by atoms with Gasteiger partial charge in [-0.2, -0.15) is 38.8 Å². The fourth-order valence-electron chi connectivity index (χ4n) is 5.02. The highest BCUT2D eigenvalue weighted by atomic mass is 32.1. The molecular weight excluding hydrogens is 567 g/mol. The molecular formula is C26H15F5N8OS. The Labute approximate surface area is 231 Å². The number of hydrogen-bond donors (Lipinski definition) is 1. The minimum Gasteiger partial charge on any atom is -0.467 e. The Morgan fingerprint density at radius 1 is 1.10 bits per heavy atom. The Morgan fingerprint density at radius 2 is 1.88 bits per heavy atom. The van der Waals surface area contributed by atoms with Crippen LogP contribution in [0.2, 0.25) is 0 Å². The number of thiophene rings is 1. The molecule has 3 aromatic heterocycles. The van der Waals surface area contributed by atoms with Gasteiger partial charge in [-0.1, -0.05) is 6.07 Å². The molecule has 206 valence electrons. The van der Waals surface area contributed by atoms with Gasteiger partial charge < -0.3 is 15.4 Å². The third-order valence-corrected chi connectivity index (χ3v) is 7.82. The van der Waals surface area contributed by atoms with Crippen molar-refractivity contribution in [2.75, 3.05) is 24.3 Å². The zero-order valence-corrected chi connectivity index (χ0v) is 21.7. The molecule has 0 spiro atoms. The van der Waals surface area contributed by atoms with Crippen molar-refractivity contribution in [2.24, 2.45) is 0 Å². The average molecular weight is 583 g/mol. The Balaban J connectivity index is 1.66. The van der Waals surface area contributed by atoms with Crippen LogP contribution < -0.4 is 15.4 Å². The summed E-state index contributed by atoms with van der Waals surface area (Å²) >= 11 is 0.684. The highest BCUT2D eigenvalue weighted by molar-refractivity contribution is 7.23. The normalized spacial score (nSPS) is 13.3. The number of aromatic nitrogens is 4. The average Bonchev–Trinajstić information content (AvgIpc) is 3.52. The van der Waals surface area contributed by atoms with Gasteiger partial charge in [-0.3, -0.25) is 4.68 Å². The molecule has 0 unspecified atom stereocenters. The number of methoxy groups -OCH3 is 1. The fraction of sp³-hybridized carbons (Fsp3) is 0.192. The van der Waals surface area contributed by atoms with Gasteiger partial charge in [-0.05, 0) is 23.8 Å². The first-order chi connectivity index (χ1) is 19.5. The van der Waals surface area contributed by atoms with Gasteiger partial charge >= 0.3 is 12.2 Å². The highest BCUT2D eigenvalue weighted by Gasteiger charge is 2.38. The van der Waals surface area contributed by atoms with Crippen molar-refractivity contribution in [3.05, 3.63) is 58.4 Å². The quantitative estimate of drug-likeness (QED) is 0.282. The van der Waals surface area contributed by atoms with Crippen LogP contribution in [0.25, 0.3) is 32.1 Å². The molecule has 0 saturated carbocycles. The number of nitriles is 2. The number of nitrogen functional groups attached to an aromatic ring is 1. The van der Waals surface area contributed by atoms with Crippen LogP contribution in [0.5, 0.6) is 6.01 Å². The molecule has 15 heteroatoms. The summed E-state index contributed by atoms with van der Waals surface area (Å²) in [6.07, 6.45) is -5.07. The highest BCUT2D eigenvalue weighted by Crippen LogP contribution is 2.48. The van der Waals surface area contributed by atoms with Crippen molar-refractivity contribution < 1.29 is 26.7 Å². The smallest absolute Gasteiger partial charge is 0.417 e. The zero-order valence-electron chi connectivity index (χ0n) is 20.8. The Morgan fingerprint density at radius 3 is 2.56 bits per heavy atom. The van der Waals surface area contributed by atoms with E-state index in [1.165, 1.54) is 7.11 Å². The monoisotopic (exact) mass is 582 g/mol. The number of alkyl halides is 3. The van der Waals surface area contributed by atoms with Crippen LogP contribution in [0.1, 0.15) is 22.5 Å². The number of benzene rings is 2. The van der Waals surface area contributed by atoms with Gasteiger partial charge in [0, 0.05) is 22.9 Å². The van der Waals surface area contributed by atoms with Gasteiger partial charge in [0.1, 0.15) is 34.3 Å². The largest absolute Gasteiger partial charge is 0.467 e. The van der Waals surface area contributed by atoms with Crippen molar-refractivity contribution in [3.8, 4) is 29.3 Å². The predicted octanol–water partition coefficient (Wildman–Crippen LogP) is 5.36. The number of hydrogen-bond acceptors (Lipinski definition) is 9. The van der Waals surface area contributed by atoms with Gasteiger partial charge in [0.05, 0.1) is 41.7 Å². The number of nitrogens with zero attached hydrogens (tertiary/aromatic N) is 7. The van der Waals surface area contributed by atoms with Crippen LogP contribution in [-0.2, 0) is 19.3 Å². The number of halogens is 5. The van der Waals surface area contributed by atoms with Crippen LogP contribution in [-0.4, -0.2) is 33.4 Å². The van der Waals surface area contributed by atoms with E-state index in [1.807, 2.05) is 6.07 Å². The molecule has 0 radical (unpaired) electrons. The molecule has 2 N–H and O–H groups in total. The Kier molecular flexibility index (Phi) is 5.93. The zero-order chi connectivity index (χ0) is 29.2. The SMILES string of the molecule is COc1nc(N2CCn3nc(C#N)cc3C2)c2cc(C(F)(F)F)c(-c3ccc(F)c4sc(N)c(C#N)c34)c(F)c2n1. The maximum Gasteiger partial charge on any atom is 0.417 e. The fourth-order valence-corrected chi connectivity index (χ4v) is 5.97. The van der Waals surface area contributed by atoms with E-state index in [9.17, 15) is 28.1 Å². The van der Waals surface area contributed by atoms with E-state index in [4.69, 9.17) is 10.5 Å². The molecule has 2 aromatic carbocycles. The molecule has 6 rings (SSSR count). The molecule has 41 heavy (non-hydrogen) atoms. The van der Waals surface area contributed by atoms with E-state index in [2.05, 4.69) is 15.1 Å². The molecule has 5 aromatic rings. The number of fused-ring (bicyclic) bond motifs is 3. The second kappa shape index (κ2) is 9.28. The van der Waals surface area contributed by atoms with Gasteiger partial charge in [0.2, 0.25) is 0 Å². The second-order valence-corrected chi connectivity index (χ2v) is 10.1. The second-order valence-electron chi connectivity index (χ2n) is 9.07. The summed E-state index contributed by atoms with van der Waals surface area (Å²) < 4.78 is 81.5. The summed E-state index contributed by atoms with van der Waals surface area (Å²) in [5.41, 5.74) is 3.29. The maximum atomic E-state index is 16.4. The van der Waals surface area contributed by atoms with Crippen molar-refractivity contribution in [1.82, 2.24) is 19.7 Å². The third-order valence-electron chi connectivity index (χ3n) is 6.79. The molecule has 0 saturated heterocycles. The molecule has 1 aliphatic heterocycles. The third kappa shape index (κ3) is 4.05. The van der Waals surface area contributed by atoms with E-state index in [0.29, 0.717) is 23.6 Å². The number of nitrogens with two attached hydrogens (primary N) is 1. The molecule has 1 aliphatic rings. The molecule has 0 bridgehead atoms. The van der Waals surface area contributed by atoms with Crippen molar-refractivity contribution in [3.63, 3.8) is 0 Å². The molecule has 0 aliphatic carbocycles. The molecule has 0 amide bonds. The lowest BCUT2D eigenvalue weighted by molar-refractivity contribution is -0.137. The van der Waals surface area contributed by atoms with E-state index < -0.39 is 34.5 Å². The number of rotatable bonds is 3. The maximum absolute atomic E-state index is 16.4. The molecule has 9 nitrogen and oxygen atoms in total. The predicted molar refractivity (Wildman–Crippen MR) is 139 cm³/mol. The van der Waals surface area contributed by atoms with Crippen LogP contribution in [0, 0.1) is 34.3 Å². The van der Waals surface area contributed by atoms with Crippen LogP contribution in [0.3, 0.4) is 0 Å². The van der Waals surface area contributed by atoms with Crippen LogP contribution in [0.4, 0.5) is 32.8 Å². The summed E-state index contributed by atoms with van der Waals surface area (Å²) in [5, 5.41) is 22.4. The minimum absolute atomic E-state index is 0.0181. The first kappa shape index (κ1) is 26.2. The molecule has 0 fully saturated rings. The van der Waals surface area contributed by atoms with Crippen LogP contribution in [0.15, 0.2) is 24.3 Å². The minimum atomic E-state index is -5.07. The van der Waals surface area contributed by atoms with Crippen molar-refractivity contribution in [1.29, 1.82) is 10.5 Å². The lowest BCUT2D eigenvalue weighted by Crippen LogP contribution is -2.34. The summed E-state index contributed by atoms with van der Waals surface area (Å²) in [7, 11) is 1.23. The summed E-state index contributed by atoms with van der Waals surface area (Å²) in [6, 6.07) is 7.62. The van der Waals surface area contributed by atoms with Crippen LogP contribution >= 0.6 is 11.3 Å². The van der Waals surface area contributed by atoms with E-state index >= 15 is 4.39 Å². The first-order valence-electron chi connectivity index (χ1n) is 11.8. The van der Waals surface area contributed by atoms with Crippen molar-refractivity contribution in [2.45, 2.75) is 19.3 Å². The first-order valence-corrected chi connectivity index (χ1v) is 12.7. The van der Waals surface area contributed by atoms with E-state index in [-0.39, 0.29) is 62.2 Å². The summed E-state index contributed by atoms with van der Waals surface area (Å²) in [5.74, 6) is -2.19. The molecule has 0 atom stereocenters. The lowest BCUT2D eigenvalue weighted by atomic mass is 9.92. The number of anilines is 2. The topological polar surface area (TPSA) is 130 Å². The van der Waals surface area contributed by atoms with Gasteiger partial charge in [-0.25, -0.2) is 8.78 Å².